The maximum atomic E-state index is 5.70. The second kappa shape index (κ2) is 5.12. The molecule has 0 saturated heterocycles. The molecule has 0 aliphatic heterocycles. The molecule has 1 aromatic rings. The van der Waals surface area contributed by atoms with Gasteiger partial charge in [-0.15, -0.1) is 0 Å². The lowest BCUT2D eigenvalue weighted by Crippen LogP contribution is -2.13. The standard InChI is InChI=1S/C10H15BrClN3/c1-10(2,3)4-5-13-8-7(11)6-14-9(12)15-8/h6H,4-5H2,1-3H3,(H,13,14,15). The van der Waals surface area contributed by atoms with Crippen LogP contribution >= 0.6 is 27.5 Å². The van der Waals surface area contributed by atoms with E-state index in [1.165, 1.54) is 0 Å². The van der Waals surface area contributed by atoms with Crippen molar-refractivity contribution >= 4 is 33.3 Å². The van der Waals surface area contributed by atoms with Crippen LogP contribution in [0.5, 0.6) is 0 Å². The van der Waals surface area contributed by atoms with Crippen molar-refractivity contribution in [2.24, 2.45) is 5.41 Å². The summed E-state index contributed by atoms with van der Waals surface area (Å²) in [6.45, 7) is 7.49. The van der Waals surface area contributed by atoms with Crippen molar-refractivity contribution in [3.63, 3.8) is 0 Å². The van der Waals surface area contributed by atoms with E-state index < -0.39 is 0 Å². The minimum Gasteiger partial charge on any atom is -0.369 e. The first kappa shape index (κ1) is 12.7. The van der Waals surface area contributed by atoms with Gasteiger partial charge in [0.15, 0.2) is 0 Å². The average Bonchev–Trinajstić information content (AvgIpc) is 2.09. The summed E-state index contributed by atoms with van der Waals surface area (Å²) in [6.07, 6.45) is 2.72. The van der Waals surface area contributed by atoms with E-state index in [9.17, 15) is 0 Å². The maximum absolute atomic E-state index is 5.70. The number of hydrogen-bond donors (Lipinski definition) is 1. The molecule has 1 rings (SSSR count). The molecule has 84 valence electrons. The van der Waals surface area contributed by atoms with Crippen LogP contribution in [0.25, 0.3) is 0 Å². The summed E-state index contributed by atoms with van der Waals surface area (Å²) >= 11 is 9.07. The summed E-state index contributed by atoms with van der Waals surface area (Å²) in [5.74, 6) is 0.749. The molecule has 0 aliphatic rings. The maximum Gasteiger partial charge on any atom is 0.224 e. The Balaban J connectivity index is 2.54. The van der Waals surface area contributed by atoms with E-state index >= 15 is 0 Å². The molecule has 1 aromatic heterocycles. The first-order valence-electron chi connectivity index (χ1n) is 4.80. The van der Waals surface area contributed by atoms with Crippen LogP contribution < -0.4 is 5.32 Å². The molecule has 0 saturated carbocycles. The van der Waals surface area contributed by atoms with Gasteiger partial charge in [0.2, 0.25) is 5.28 Å². The van der Waals surface area contributed by atoms with Crippen LogP contribution in [0.3, 0.4) is 0 Å². The van der Waals surface area contributed by atoms with Crippen molar-refractivity contribution in [1.29, 1.82) is 0 Å². The zero-order valence-electron chi connectivity index (χ0n) is 9.14. The molecule has 0 spiro atoms. The number of nitrogens with zero attached hydrogens (tertiary/aromatic N) is 2. The summed E-state index contributed by atoms with van der Waals surface area (Å²) in [6, 6.07) is 0. The quantitative estimate of drug-likeness (QED) is 0.862. The number of anilines is 1. The SMILES string of the molecule is CC(C)(C)CCNc1nc(Cl)ncc1Br. The molecular weight excluding hydrogens is 277 g/mol. The van der Waals surface area contributed by atoms with Crippen molar-refractivity contribution < 1.29 is 0 Å². The second-order valence-electron chi connectivity index (χ2n) is 4.57. The van der Waals surface area contributed by atoms with Crippen LogP contribution in [0.1, 0.15) is 27.2 Å². The molecule has 15 heavy (non-hydrogen) atoms. The highest BCUT2D eigenvalue weighted by atomic mass is 79.9. The molecule has 1 N–H and O–H groups in total. The van der Waals surface area contributed by atoms with Crippen molar-refractivity contribution in [3.05, 3.63) is 16.0 Å². The first-order chi connectivity index (χ1) is 6.88. The Kier molecular flexibility index (Phi) is 4.34. The average molecular weight is 293 g/mol. The molecule has 0 atom stereocenters. The van der Waals surface area contributed by atoms with Gasteiger partial charge in [-0.05, 0) is 39.4 Å². The van der Waals surface area contributed by atoms with Gasteiger partial charge in [-0.1, -0.05) is 20.8 Å². The molecule has 0 amide bonds. The molecule has 0 radical (unpaired) electrons. The fourth-order valence-electron chi connectivity index (χ4n) is 1.03. The third-order valence-electron chi connectivity index (χ3n) is 1.88. The van der Waals surface area contributed by atoms with Gasteiger partial charge >= 0.3 is 0 Å². The lowest BCUT2D eigenvalue weighted by molar-refractivity contribution is 0.389. The summed E-state index contributed by atoms with van der Waals surface area (Å²) < 4.78 is 0.834. The Hall–Kier alpha value is -0.350. The van der Waals surface area contributed by atoms with Crippen LogP contribution in [0, 0.1) is 5.41 Å². The van der Waals surface area contributed by atoms with E-state index in [0.29, 0.717) is 5.41 Å². The van der Waals surface area contributed by atoms with Gasteiger partial charge in [-0.25, -0.2) is 4.98 Å². The number of nitrogens with one attached hydrogen (secondary N) is 1. The van der Waals surface area contributed by atoms with Crippen molar-refractivity contribution in [3.8, 4) is 0 Å². The van der Waals surface area contributed by atoms with Gasteiger partial charge in [0.1, 0.15) is 5.82 Å². The Morgan fingerprint density at radius 2 is 2.13 bits per heavy atom. The Morgan fingerprint density at radius 3 is 2.73 bits per heavy atom. The summed E-state index contributed by atoms with van der Waals surface area (Å²) in [5, 5.41) is 3.49. The number of halogens is 2. The normalized spacial score (nSPS) is 11.5. The lowest BCUT2D eigenvalue weighted by Gasteiger charge is -2.18. The molecule has 0 fully saturated rings. The molecule has 0 bridgehead atoms. The zero-order valence-corrected chi connectivity index (χ0v) is 11.5. The Labute approximate surface area is 104 Å². The molecule has 0 aliphatic carbocycles. The molecule has 0 unspecified atom stereocenters. The highest BCUT2D eigenvalue weighted by Gasteiger charge is 2.10. The highest BCUT2D eigenvalue weighted by molar-refractivity contribution is 9.10. The van der Waals surface area contributed by atoms with E-state index in [4.69, 9.17) is 11.6 Å². The smallest absolute Gasteiger partial charge is 0.224 e. The molecule has 5 heteroatoms. The van der Waals surface area contributed by atoms with Crippen LogP contribution in [0.4, 0.5) is 5.82 Å². The predicted octanol–water partition coefficient (Wildman–Crippen LogP) is 3.74. The van der Waals surface area contributed by atoms with Gasteiger partial charge in [-0.2, -0.15) is 4.98 Å². The fraction of sp³-hybridized carbons (Fsp3) is 0.600. The van der Waals surface area contributed by atoms with Gasteiger partial charge in [-0.3, -0.25) is 0 Å². The van der Waals surface area contributed by atoms with Gasteiger partial charge < -0.3 is 5.32 Å². The third kappa shape index (κ3) is 4.80. The van der Waals surface area contributed by atoms with Crippen molar-refractivity contribution in [2.45, 2.75) is 27.2 Å². The Bertz CT molecular complexity index is 336. The van der Waals surface area contributed by atoms with E-state index in [1.807, 2.05) is 0 Å². The number of hydrogen-bond acceptors (Lipinski definition) is 3. The first-order valence-corrected chi connectivity index (χ1v) is 5.97. The molecular formula is C10H15BrClN3. The van der Waals surface area contributed by atoms with E-state index in [1.54, 1.807) is 6.20 Å². The fourth-order valence-corrected chi connectivity index (χ4v) is 1.49. The summed E-state index contributed by atoms with van der Waals surface area (Å²) in [4.78, 5) is 7.95. The van der Waals surface area contributed by atoms with Gasteiger partial charge in [0, 0.05) is 12.7 Å². The van der Waals surface area contributed by atoms with Crippen LogP contribution in [0.2, 0.25) is 5.28 Å². The van der Waals surface area contributed by atoms with Crippen LogP contribution in [0.15, 0.2) is 10.7 Å². The second-order valence-corrected chi connectivity index (χ2v) is 5.77. The van der Waals surface area contributed by atoms with E-state index in [0.717, 1.165) is 23.3 Å². The van der Waals surface area contributed by atoms with E-state index in [2.05, 4.69) is 52.0 Å². The highest BCUT2D eigenvalue weighted by Crippen LogP contribution is 2.22. The van der Waals surface area contributed by atoms with E-state index in [-0.39, 0.29) is 5.28 Å². The van der Waals surface area contributed by atoms with Crippen LogP contribution in [-0.2, 0) is 0 Å². The van der Waals surface area contributed by atoms with Gasteiger partial charge in [0.05, 0.1) is 4.47 Å². The largest absolute Gasteiger partial charge is 0.369 e. The molecule has 0 aromatic carbocycles. The minimum absolute atomic E-state index is 0.261. The predicted molar refractivity (Wildman–Crippen MR) is 67.3 cm³/mol. The minimum atomic E-state index is 0.261. The number of rotatable bonds is 3. The molecule has 1 heterocycles. The van der Waals surface area contributed by atoms with Crippen molar-refractivity contribution in [1.82, 2.24) is 9.97 Å². The van der Waals surface area contributed by atoms with Gasteiger partial charge in [0.25, 0.3) is 0 Å². The summed E-state index contributed by atoms with van der Waals surface area (Å²) in [7, 11) is 0. The summed E-state index contributed by atoms with van der Waals surface area (Å²) in [5.41, 5.74) is 0.316. The zero-order chi connectivity index (χ0) is 11.5. The van der Waals surface area contributed by atoms with Crippen LogP contribution in [-0.4, -0.2) is 16.5 Å². The Morgan fingerprint density at radius 1 is 1.47 bits per heavy atom. The third-order valence-corrected chi connectivity index (χ3v) is 2.64. The lowest BCUT2D eigenvalue weighted by atomic mass is 9.92. The monoisotopic (exact) mass is 291 g/mol. The number of aromatic nitrogens is 2. The topological polar surface area (TPSA) is 37.8 Å². The molecule has 3 nitrogen and oxygen atoms in total. The van der Waals surface area contributed by atoms with Crippen molar-refractivity contribution in [2.75, 3.05) is 11.9 Å².